The average Bonchev–Trinajstić information content (AvgIpc) is 2.90. The summed E-state index contributed by atoms with van der Waals surface area (Å²) in [6.07, 6.45) is 6.33. The van der Waals surface area contributed by atoms with Crippen molar-refractivity contribution in [3.8, 4) is 5.69 Å². The van der Waals surface area contributed by atoms with Crippen LogP contribution >= 0.6 is 0 Å². The van der Waals surface area contributed by atoms with E-state index in [-0.39, 0.29) is 5.41 Å². The standard InChI is InChI=1S/C16H21N3/c1-13-5-3-4-6-14(13)19-12-18-11-15(19)16(2)7-9-17-10-8-16/h3-6,11-12,17H,7-10H2,1-2H3. The van der Waals surface area contributed by atoms with Gasteiger partial charge in [0.1, 0.15) is 0 Å². The molecule has 0 radical (unpaired) electrons. The monoisotopic (exact) mass is 255 g/mol. The van der Waals surface area contributed by atoms with Gasteiger partial charge in [0.2, 0.25) is 0 Å². The van der Waals surface area contributed by atoms with E-state index in [0.717, 1.165) is 13.1 Å². The van der Waals surface area contributed by atoms with Crippen LogP contribution in [0.15, 0.2) is 36.8 Å². The molecule has 0 amide bonds. The number of imidazole rings is 1. The van der Waals surface area contributed by atoms with Crippen LogP contribution in [0.4, 0.5) is 0 Å². The predicted octanol–water partition coefficient (Wildman–Crippen LogP) is 2.82. The highest BCUT2D eigenvalue weighted by Gasteiger charge is 2.32. The predicted molar refractivity (Wildman–Crippen MR) is 77.8 cm³/mol. The number of para-hydroxylation sites is 1. The highest BCUT2D eigenvalue weighted by atomic mass is 15.1. The van der Waals surface area contributed by atoms with Gasteiger partial charge in [-0.25, -0.2) is 4.98 Å². The van der Waals surface area contributed by atoms with Crippen LogP contribution in [-0.4, -0.2) is 22.6 Å². The molecule has 3 rings (SSSR count). The van der Waals surface area contributed by atoms with E-state index in [1.54, 1.807) is 0 Å². The van der Waals surface area contributed by atoms with Crippen LogP contribution < -0.4 is 5.32 Å². The highest BCUT2D eigenvalue weighted by Crippen LogP contribution is 2.34. The molecule has 0 aliphatic carbocycles. The zero-order valence-electron chi connectivity index (χ0n) is 11.7. The van der Waals surface area contributed by atoms with E-state index >= 15 is 0 Å². The molecule has 3 heteroatoms. The summed E-state index contributed by atoms with van der Waals surface area (Å²) in [6, 6.07) is 8.51. The van der Waals surface area contributed by atoms with Crippen molar-refractivity contribution in [1.82, 2.24) is 14.9 Å². The number of nitrogens with zero attached hydrogens (tertiary/aromatic N) is 2. The highest BCUT2D eigenvalue weighted by molar-refractivity contribution is 5.42. The van der Waals surface area contributed by atoms with Gasteiger partial charge in [-0.15, -0.1) is 0 Å². The van der Waals surface area contributed by atoms with Gasteiger partial charge in [0.25, 0.3) is 0 Å². The largest absolute Gasteiger partial charge is 0.317 e. The van der Waals surface area contributed by atoms with Crippen molar-refractivity contribution >= 4 is 0 Å². The minimum atomic E-state index is 0.226. The minimum absolute atomic E-state index is 0.226. The van der Waals surface area contributed by atoms with Crippen molar-refractivity contribution in [1.29, 1.82) is 0 Å². The van der Waals surface area contributed by atoms with Gasteiger partial charge >= 0.3 is 0 Å². The Morgan fingerprint density at radius 3 is 2.68 bits per heavy atom. The molecule has 2 heterocycles. The molecule has 1 N–H and O–H groups in total. The van der Waals surface area contributed by atoms with Crippen LogP contribution in [0.3, 0.4) is 0 Å². The molecule has 0 bridgehead atoms. The molecule has 0 saturated carbocycles. The molecule has 1 aliphatic rings. The van der Waals surface area contributed by atoms with E-state index in [9.17, 15) is 0 Å². The number of nitrogens with one attached hydrogen (secondary N) is 1. The van der Waals surface area contributed by atoms with E-state index in [1.807, 2.05) is 12.5 Å². The molecule has 3 nitrogen and oxygen atoms in total. The van der Waals surface area contributed by atoms with Crippen molar-refractivity contribution in [2.45, 2.75) is 32.1 Å². The van der Waals surface area contributed by atoms with Crippen molar-refractivity contribution in [3.63, 3.8) is 0 Å². The third-order valence-electron chi connectivity index (χ3n) is 4.34. The van der Waals surface area contributed by atoms with Crippen LogP contribution in [0.25, 0.3) is 5.69 Å². The number of hydrogen-bond acceptors (Lipinski definition) is 2. The van der Waals surface area contributed by atoms with Crippen LogP contribution in [0.1, 0.15) is 31.0 Å². The zero-order chi connectivity index (χ0) is 13.3. The van der Waals surface area contributed by atoms with Crippen molar-refractivity contribution in [2.75, 3.05) is 13.1 Å². The third kappa shape index (κ3) is 2.19. The topological polar surface area (TPSA) is 29.9 Å². The molecule has 1 aromatic carbocycles. The first-order valence-electron chi connectivity index (χ1n) is 7.00. The molecule has 0 unspecified atom stereocenters. The fraction of sp³-hybridized carbons (Fsp3) is 0.438. The Morgan fingerprint density at radius 2 is 1.95 bits per heavy atom. The molecule has 0 atom stereocenters. The summed E-state index contributed by atoms with van der Waals surface area (Å²) >= 11 is 0. The normalized spacial score (nSPS) is 18.4. The number of hydrogen-bond donors (Lipinski definition) is 1. The number of rotatable bonds is 2. The molecular formula is C16H21N3. The first-order valence-corrected chi connectivity index (χ1v) is 7.00. The van der Waals surface area contributed by atoms with Crippen molar-refractivity contribution in [3.05, 3.63) is 48.0 Å². The second-order valence-electron chi connectivity index (χ2n) is 5.75. The van der Waals surface area contributed by atoms with Gasteiger partial charge in [0, 0.05) is 23.0 Å². The Kier molecular flexibility index (Phi) is 3.15. The summed E-state index contributed by atoms with van der Waals surface area (Å²) < 4.78 is 2.26. The molecule has 2 aromatic rings. The summed E-state index contributed by atoms with van der Waals surface area (Å²) in [6.45, 7) is 6.70. The fourth-order valence-electron chi connectivity index (χ4n) is 3.00. The summed E-state index contributed by atoms with van der Waals surface area (Å²) in [5, 5.41) is 3.44. The quantitative estimate of drug-likeness (QED) is 0.894. The van der Waals surface area contributed by atoms with Gasteiger partial charge in [0.05, 0.1) is 6.33 Å². The Bertz CT molecular complexity index is 565. The number of piperidine rings is 1. The van der Waals surface area contributed by atoms with Gasteiger partial charge < -0.3 is 9.88 Å². The second-order valence-corrected chi connectivity index (χ2v) is 5.75. The molecular weight excluding hydrogens is 234 g/mol. The average molecular weight is 255 g/mol. The Hall–Kier alpha value is -1.61. The van der Waals surface area contributed by atoms with Gasteiger partial charge in [-0.2, -0.15) is 0 Å². The smallest absolute Gasteiger partial charge is 0.0994 e. The molecule has 1 aromatic heterocycles. The molecule has 0 spiro atoms. The van der Waals surface area contributed by atoms with Crippen molar-refractivity contribution in [2.24, 2.45) is 0 Å². The number of benzene rings is 1. The molecule has 1 aliphatic heterocycles. The maximum absolute atomic E-state index is 4.40. The minimum Gasteiger partial charge on any atom is -0.317 e. The number of aryl methyl sites for hydroxylation is 1. The lowest BCUT2D eigenvalue weighted by Crippen LogP contribution is -2.38. The first kappa shape index (κ1) is 12.4. The SMILES string of the molecule is Cc1ccccc1-n1cncc1C1(C)CCNCC1. The van der Waals surface area contributed by atoms with E-state index in [0.29, 0.717) is 0 Å². The fourth-order valence-corrected chi connectivity index (χ4v) is 3.00. The molecule has 1 saturated heterocycles. The van der Waals surface area contributed by atoms with E-state index in [4.69, 9.17) is 0 Å². The summed E-state index contributed by atoms with van der Waals surface area (Å²) in [4.78, 5) is 4.40. The summed E-state index contributed by atoms with van der Waals surface area (Å²) in [5.74, 6) is 0. The second kappa shape index (κ2) is 4.82. The maximum atomic E-state index is 4.40. The lowest BCUT2D eigenvalue weighted by atomic mass is 9.78. The molecule has 19 heavy (non-hydrogen) atoms. The zero-order valence-corrected chi connectivity index (χ0v) is 11.7. The van der Waals surface area contributed by atoms with Crippen LogP contribution in [0, 0.1) is 6.92 Å². The Labute approximate surface area is 114 Å². The number of aromatic nitrogens is 2. The van der Waals surface area contributed by atoms with Gasteiger partial charge in [-0.3, -0.25) is 0 Å². The van der Waals surface area contributed by atoms with Gasteiger partial charge in [0.15, 0.2) is 0 Å². The van der Waals surface area contributed by atoms with E-state index < -0.39 is 0 Å². The van der Waals surface area contributed by atoms with E-state index in [1.165, 1.54) is 29.8 Å². The Balaban J connectivity index is 2.06. The maximum Gasteiger partial charge on any atom is 0.0994 e. The summed E-state index contributed by atoms with van der Waals surface area (Å²) in [5.41, 5.74) is 4.10. The van der Waals surface area contributed by atoms with Crippen LogP contribution in [0.5, 0.6) is 0 Å². The lowest BCUT2D eigenvalue weighted by Gasteiger charge is -2.34. The Morgan fingerprint density at radius 1 is 1.21 bits per heavy atom. The van der Waals surface area contributed by atoms with Crippen molar-refractivity contribution < 1.29 is 0 Å². The molecule has 1 fully saturated rings. The third-order valence-corrected chi connectivity index (χ3v) is 4.34. The summed E-state index contributed by atoms with van der Waals surface area (Å²) in [7, 11) is 0. The first-order chi connectivity index (χ1) is 9.21. The van der Waals surface area contributed by atoms with Gasteiger partial charge in [-0.05, 0) is 44.5 Å². The van der Waals surface area contributed by atoms with Gasteiger partial charge in [-0.1, -0.05) is 25.1 Å². The molecule has 100 valence electrons. The lowest BCUT2D eigenvalue weighted by molar-refractivity contribution is 0.324. The van der Waals surface area contributed by atoms with E-state index in [2.05, 4.69) is 53.0 Å². The van der Waals surface area contributed by atoms with Crippen LogP contribution in [0.2, 0.25) is 0 Å². The van der Waals surface area contributed by atoms with Crippen LogP contribution in [-0.2, 0) is 5.41 Å².